The van der Waals surface area contributed by atoms with E-state index < -0.39 is 21.9 Å². The van der Waals surface area contributed by atoms with Crippen molar-refractivity contribution in [2.45, 2.75) is 57.9 Å². The summed E-state index contributed by atoms with van der Waals surface area (Å²) in [6.45, 7) is 2.96. The number of rotatable bonds is 5. The van der Waals surface area contributed by atoms with Crippen molar-refractivity contribution in [1.29, 1.82) is 0 Å². The molecule has 1 spiro atoms. The van der Waals surface area contributed by atoms with Crippen LogP contribution in [0.3, 0.4) is 0 Å². The summed E-state index contributed by atoms with van der Waals surface area (Å²) in [5, 5.41) is 3.58. The van der Waals surface area contributed by atoms with E-state index in [9.17, 15) is 17.6 Å². The normalized spacial score (nSPS) is 26.0. The molecular weight excluding hydrogens is 462 g/mol. The number of nitrogens with zero attached hydrogens (tertiary/aromatic N) is 1. The molecule has 31 heavy (non-hydrogen) atoms. The molecule has 0 radical (unpaired) electrons. The molecule has 2 atom stereocenters. The van der Waals surface area contributed by atoms with Crippen molar-refractivity contribution in [1.82, 2.24) is 9.62 Å². The van der Waals surface area contributed by atoms with Crippen LogP contribution in [-0.2, 0) is 14.8 Å². The van der Waals surface area contributed by atoms with Crippen LogP contribution in [0.5, 0.6) is 0 Å². The summed E-state index contributed by atoms with van der Waals surface area (Å²) in [5.74, 6) is -0.732. The molecule has 1 aromatic carbocycles. The van der Waals surface area contributed by atoms with E-state index in [4.69, 9.17) is 23.2 Å². The standard InChI is InChI=1S/C22H29Cl2FN2O3S/c1-21(7-3-4-8-21)19(17-16(25)6-5-15(23)18(17)24)26-20(28)14-13-22(14)9-11-27(12-10-22)31(2,29)30/h5-6,14,19H,3-4,7-13H2,1-2H3,(H,26,28)/t14?,19-/m1/s1. The first-order valence-corrected chi connectivity index (χ1v) is 13.5. The van der Waals surface area contributed by atoms with Crippen molar-refractivity contribution in [2.24, 2.45) is 16.7 Å². The number of hydrogen-bond acceptors (Lipinski definition) is 3. The van der Waals surface area contributed by atoms with Gasteiger partial charge < -0.3 is 5.32 Å². The predicted molar refractivity (Wildman–Crippen MR) is 120 cm³/mol. The first-order chi connectivity index (χ1) is 14.5. The van der Waals surface area contributed by atoms with Crippen LogP contribution in [0.15, 0.2) is 12.1 Å². The van der Waals surface area contributed by atoms with E-state index in [0.29, 0.717) is 25.9 Å². The zero-order chi connectivity index (χ0) is 22.6. The summed E-state index contributed by atoms with van der Waals surface area (Å²) in [4.78, 5) is 13.3. The average Bonchev–Trinajstić information content (AvgIpc) is 3.20. The van der Waals surface area contributed by atoms with Crippen molar-refractivity contribution in [3.05, 3.63) is 33.6 Å². The minimum Gasteiger partial charge on any atom is -0.348 e. The van der Waals surface area contributed by atoms with Gasteiger partial charge in [0.15, 0.2) is 0 Å². The number of piperidine rings is 1. The van der Waals surface area contributed by atoms with Gasteiger partial charge in [-0.1, -0.05) is 43.0 Å². The van der Waals surface area contributed by atoms with Gasteiger partial charge in [-0.2, -0.15) is 0 Å². The summed E-state index contributed by atoms with van der Waals surface area (Å²) in [6.07, 6.45) is 7.11. The Morgan fingerprint density at radius 2 is 1.81 bits per heavy atom. The molecule has 1 saturated heterocycles. The van der Waals surface area contributed by atoms with Crippen LogP contribution < -0.4 is 5.32 Å². The molecule has 1 unspecified atom stereocenters. The third-order valence-electron chi connectivity index (χ3n) is 7.79. The molecule has 5 nitrogen and oxygen atoms in total. The molecule has 1 aromatic rings. The number of benzene rings is 1. The molecule has 1 amide bonds. The van der Waals surface area contributed by atoms with Gasteiger partial charge in [-0.15, -0.1) is 0 Å². The van der Waals surface area contributed by atoms with Gasteiger partial charge in [-0.05, 0) is 55.1 Å². The van der Waals surface area contributed by atoms with Crippen molar-refractivity contribution in [2.75, 3.05) is 19.3 Å². The van der Waals surface area contributed by atoms with E-state index in [0.717, 1.165) is 32.1 Å². The fraction of sp³-hybridized carbons (Fsp3) is 0.682. The molecule has 4 rings (SSSR count). The lowest BCUT2D eigenvalue weighted by Crippen LogP contribution is -2.42. The number of hydrogen-bond donors (Lipinski definition) is 1. The Morgan fingerprint density at radius 3 is 2.39 bits per heavy atom. The van der Waals surface area contributed by atoms with E-state index in [2.05, 4.69) is 12.2 Å². The van der Waals surface area contributed by atoms with Crippen LogP contribution in [0.25, 0.3) is 0 Å². The second-order valence-corrected chi connectivity index (χ2v) is 12.6. The minimum absolute atomic E-state index is 0.0960. The van der Waals surface area contributed by atoms with Crippen molar-refractivity contribution >= 4 is 39.1 Å². The van der Waals surface area contributed by atoms with E-state index in [-0.39, 0.29) is 38.3 Å². The quantitative estimate of drug-likeness (QED) is 0.594. The molecule has 9 heteroatoms. The topological polar surface area (TPSA) is 66.5 Å². The predicted octanol–water partition coefficient (Wildman–Crippen LogP) is 4.93. The lowest BCUT2D eigenvalue weighted by atomic mass is 9.76. The van der Waals surface area contributed by atoms with Crippen LogP contribution in [0.2, 0.25) is 10.0 Å². The largest absolute Gasteiger partial charge is 0.348 e. The van der Waals surface area contributed by atoms with Gasteiger partial charge in [-0.25, -0.2) is 17.1 Å². The summed E-state index contributed by atoms with van der Waals surface area (Å²) in [7, 11) is -3.21. The number of nitrogens with one attached hydrogen (secondary N) is 1. The maximum Gasteiger partial charge on any atom is 0.224 e. The Kier molecular flexibility index (Phi) is 6.12. The smallest absolute Gasteiger partial charge is 0.224 e. The number of amides is 1. The molecule has 0 aromatic heterocycles. The SMILES string of the molecule is CC1([C@H](NC(=O)C2CC23CCN(S(C)(=O)=O)CC3)c2c(F)ccc(Cl)c2Cl)CCCC1. The van der Waals surface area contributed by atoms with E-state index in [1.165, 1.54) is 22.7 Å². The Hall–Kier alpha value is -0.890. The Morgan fingerprint density at radius 1 is 1.19 bits per heavy atom. The second-order valence-electron chi connectivity index (χ2n) is 9.84. The summed E-state index contributed by atoms with van der Waals surface area (Å²) < 4.78 is 40.0. The maximum atomic E-state index is 14.9. The zero-order valence-corrected chi connectivity index (χ0v) is 20.2. The molecule has 0 bridgehead atoms. The van der Waals surface area contributed by atoms with E-state index >= 15 is 0 Å². The fourth-order valence-electron chi connectivity index (χ4n) is 5.65. The number of sulfonamides is 1. The number of halogens is 3. The lowest BCUT2D eigenvalue weighted by molar-refractivity contribution is -0.125. The number of carbonyl (C=O) groups excluding carboxylic acids is 1. The summed E-state index contributed by atoms with van der Waals surface area (Å²) in [6, 6.07) is 2.19. The van der Waals surface area contributed by atoms with Crippen molar-refractivity contribution < 1.29 is 17.6 Å². The third-order valence-corrected chi connectivity index (χ3v) is 9.91. The lowest BCUT2D eigenvalue weighted by Gasteiger charge is -2.36. The molecule has 172 valence electrons. The molecule has 3 fully saturated rings. The molecule has 1 heterocycles. The van der Waals surface area contributed by atoms with Gasteiger partial charge in [0.05, 0.1) is 22.3 Å². The van der Waals surface area contributed by atoms with Gasteiger partial charge in [0.2, 0.25) is 15.9 Å². The molecule has 1 aliphatic heterocycles. The highest BCUT2D eigenvalue weighted by Crippen LogP contribution is 2.60. The van der Waals surface area contributed by atoms with Crippen LogP contribution in [0, 0.1) is 22.6 Å². The van der Waals surface area contributed by atoms with E-state index in [1.807, 2.05) is 0 Å². The van der Waals surface area contributed by atoms with E-state index in [1.54, 1.807) is 0 Å². The molecule has 2 saturated carbocycles. The minimum atomic E-state index is -3.21. The van der Waals surface area contributed by atoms with Gasteiger partial charge in [-0.3, -0.25) is 4.79 Å². The highest BCUT2D eigenvalue weighted by molar-refractivity contribution is 7.88. The second kappa shape index (κ2) is 8.15. The maximum absolute atomic E-state index is 14.9. The summed E-state index contributed by atoms with van der Waals surface area (Å²) in [5.41, 5.74) is -0.177. The third kappa shape index (κ3) is 4.35. The zero-order valence-electron chi connectivity index (χ0n) is 17.9. The van der Waals surface area contributed by atoms with Crippen LogP contribution in [-0.4, -0.2) is 38.0 Å². The summed E-state index contributed by atoms with van der Waals surface area (Å²) >= 11 is 12.6. The highest BCUT2D eigenvalue weighted by atomic mass is 35.5. The van der Waals surface area contributed by atoms with Crippen LogP contribution in [0.4, 0.5) is 4.39 Å². The Bertz CT molecular complexity index is 987. The Balaban J connectivity index is 1.54. The fourth-order valence-corrected chi connectivity index (χ4v) is 6.92. The van der Waals surface area contributed by atoms with Gasteiger partial charge in [0.1, 0.15) is 5.82 Å². The Labute approximate surface area is 193 Å². The van der Waals surface area contributed by atoms with Gasteiger partial charge in [0.25, 0.3) is 0 Å². The molecular formula is C22H29Cl2FN2O3S. The molecule has 1 N–H and O–H groups in total. The first-order valence-electron chi connectivity index (χ1n) is 10.9. The number of carbonyl (C=O) groups is 1. The van der Waals surface area contributed by atoms with Crippen LogP contribution >= 0.6 is 23.2 Å². The van der Waals surface area contributed by atoms with Crippen LogP contribution in [0.1, 0.15) is 63.5 Å². The average molecular weight is 491 g/mol. The van der Waals surface area contributed by atoms with Gasteiger partial charge >= 0.3 is 0 Å². The van der Waals surface area contributed by atoms with Crippen molar-refractivity contribution in [3.8, 4) is 0 Å². The molecule has 2 aliphatic carbocycles. The molecule has 3 aliphatic rings. The highest BCUT2D eigenvalue weighted by Gasteiger charge is 2.59. The van der Waals surface area contributed by atoms with Gasteiger partial charge in [0, 0.05) is 24.6 Å². The van der Waals surface area contributed by atoms with Crippen molar-refractivity contribution in [3.63, 3.8) is 0 Å². The monoisotopic (exact) mass is 490 g/mol. The first kappa shape index (κ1) is 23.3.